The molecule has 1 amide bonds. The molecule has 0 saturated carbocycles. The fourth-order valence-electron chi connectivity index (χ4n) is 3.10. The molecular formula is C22H20N4O4S2. The van der Waals surface area contributed by atoms with Crippen LogP contribution in [0, 0.1) is 0 Å². The molecule has 0 bridgehead atoms. The highest BCUT2D eigenvalue weighted by Crippen LogP contribution is 2.37. The van der Waals surface area contributed by atoms with Gasteiger partial charge < -0.3 is 10.1 Å². The quantitative estimate of drug-likeness (QED) is 0.310. The van der Waals surface area contributed by atoms with E-state index in [1.807, 2.05) is 18.2 Å². The molecule has 0 atom stereocenters. The van der Waals surface area contributed by atoms with Crippen molar-refractivity contribution in [2.75, 3.05) is 4.72 Å². The van der Waals surface area contributed by atoms with Crippen LogP contribution in [0.2, 0.25) is 0 Å². The Morgan fingerprint density at radius 3 is 2.53 bits per heavy atom. The van der Waals surface area contributed by atoms with E-state index in [0.717, 1.165) is 16.9 Å². The smallest absolute Gasteiger partial charge is 0.295 e. The summed E-state index contributed by atoms with van der Waals surface area (Å²) in [7, 11) is -3.67. The van der Waals surface area contributed by atoms with Gasteiger partial charge in [0.15, 0.2) is 5.69 Å². The van der Waals surface area contributed by atoms with Crippen LogP contribution in [0.4, 0.5) is 11.4 Å². The minimum atomic E-state index is -3.67. The normalized spacial score (nSPS) is 12.1. The van der Waals surface area contributed by atoms with Crippen LogP contribution in [0.25, 0.3) is 10.9 Å². The van der Waals surface area contributed by atoms with Crippen molar-refractivity contribution in [3.05, 3.63) is 71.1 Å². The summed E-state index contributed by atoms with van der Waals surface area (Å²) in [4.78, 5) is 15.3. The second-order valence-corrected chi connectivity index (χ2v) is 10.3. The van der Waals surface area contributed by atoms with E-state index in [-0.39, 0.29) is 21.3 Å². The largest absolute Gasteiger partial charge is 0.493 e. The topological polar surface area (TPSA) is 124 Å². The van der Waals surface area contributed by atoms with Gasteiger partial charge in [0, 0.05) is 16.6 Å². The Hall–Kier alpha value is -3.50. The summed E-state index contributed by atoms with van der Waals surface area (Å²) in [5.41, 5.74) is 2.50. The van der Waals surface area contributed by atoms with Crippen LogP contribution in [0.1, 0.15) is 35.7 Å². The molecule has 0 radical (unpaired) electrons. The molecule has 0 spiro atoms. The van der Waals surface area contributed by atoms with Gasteiger partial charge in [-0.3, -0.25) is 9.52 Å². The van der Waals surface area contributed by atoms with Crippen molar-refractivity contribution in [3.63, 3.8) is 0 Å². The summed E-state index contributed by atoms with van der Waals surface area (Å²) >= 11 is 1.11. The standard InChI is InChI=1S/C22H20N4O4S2/c1-13(2)15-7-10-18-17(12-15)20(22(28)23-18)24-25-21(27)14-5-8-16(9-6-14)26-32(29,30)19-4-3-11-31-19/h3-13,23,26,28H,1-2H3. The number of H-pyrrole nitrogens is 1. The van der Waals surface area contributed by atoms with Crippen LogP contribution < -0.4 is 4.72 Å². The number of fused-ring (bicyclic) bond motifs is 1. The molecule has 32 heavy (non-hydrogen) atoms. The molecule has 0 aliphatic carbocycles. The number of benzene rings is 2. The lowest BCUT2D eigenvalue weighted by molar-refractivity contribution is 0.0995. The number of hydrogen-bond donors (Lipinski definition) is 3. The van der Waals surface area contributed by atoms with Gasteiger partial charge in [-0.2, -0.15) is 0 Å². The van der Waals surface area contributed by atoms with Crippen molar-refractivity contribution in [2.24, 2.45) is 10.2 Å². The summed E-state index contributed by atoms with van der Waals surface area (Å²) in [5, 5.41) is 20.2. The predicted octanol–water partition coefficient (Wildman–Crippen LogP) is 5.78. The van der Waals surface area contributed by atoms with Gasteiger partial charge in [0.05, 0.1) is 5.52 Å². The zero-order valence-corrected chi connectivity index (χ0v) is 18.9. The number of anilines is 1. The summed E-state index contributed by atoms with van der Waals surface area (Å²) in [6.45, 7) is 4.12. The Balaban J connectivity index is 1.53. The van der Waals surface area contributed by atoms with E-state index in [2.05, 4.69) is 33.8 Å². The number of nitrogens with one attached hydrogen (secondary N) is 2. The molecule has 0 aliphatic rings. The third kappa shape index (κ3) is 4.41. The first kappa shape index (κ1) is 21.7. The average Bonchev–Trinajstić information content (AvgIpc) is 3.40. The van der Waals surface area contributed by atoms with E-state index in [9.17, 15) is 18.3 Å². The van der Waals surface area contributed by atoms with Crippen molar-refractivity contribution in [1.29, 1.82) is 0 Å². The summed E-state index contributed by atoms with van der Waals surface area (Å²) in [6.07, 6.45) is 0. The highest BCUT2D eigenvalue weighted by Gasteiger charge is 2.16. The molecule has 0 unspecified atom stereocenters. The maximum absolute atomic E-state index is 12.5. The van der Waals surface area contributed by atoms with Crippen molar-refractivity contribution in [2.45, 2.75) is 24.0 Å². The first-order chi connectivity index (χ1) is 15.2. The third-order valence-corrected chi connectivity index (χ3v) is 7.61. The molecule has 0 aliphatic heterocycles. The Morgan fingerprint density at radius 2 is 1.88 bits per heavy atom. The zero-order chi connectivity index (χ0) is 22.9. The Morgan fingerprint density at radius 1 is 1.12 bits per heavy atom. The number of hydrogen-bond acceptors (Lipinski definition) is 6. The molecule has 4 rings (SSSR count). The number of carbonyl (C=O) groups excluding carboxylic acids is 1. The predicted molar refractivity (Wildman–Crippen MR) is 124 cm³/mol. The van der Waals surface area contributed by atoms with Crippen LogP contribution in [0.15, 0.2) is 74.4 Å². The molecule has 10 heteroatoms. The number of nitrogens with zero attached hydrogens (tertiary/aromatic N) is 2. The lowest BCUT2D eigenvalue weighted by Gasteiger charge is -2.06. The SMILES string of the molecule is CC(C)c1ccc2[nH]c(O)c(N=NC(=O)c3ccc(NS(=O)(=O)c4cccs4)cc3)c2c1. The van der Waals surface area contributed by atoms with Gasteiger partial charge in [-0.05, 0) is 59.3 Å². The van der Waals surface area contributed by atoms with Crippen molar-refractivity contribution in [1.82, 2.24) is 4.98 Å². The number of aromatic amines is 1. The van der Waals surface area contributed by atoms with Crippen LogP contribution in [0.3, 0.4) is 0 Å². The minimum Gasteiger partial charge on any atom is -0.493 e. The van der Waals surface area contributed by atoms with Crippen molar-refractivity contribution >= 4 is 49.5 Å². The van der Waals surface area contributed by atoms with Crippen LogP contribution in [-0.2, 0) is 10.0 Å². The molecular weight excluding hydrogens is 448 g/mol. The Labute approximate surface area is 188 Å². The zero-order valence-electron chi connectivity index (χ0n) is 17.2. The average molecular weight is 469 g/mol. The van der Waals surface area contributed by atoms with E-state index in [4.69, 9.17) is 0 Å². The molecule has 4 aromatic rings. The van der Waals surface area contributed by atoms with Gasteiger partial charge in [0.2, 0.25) is 5.88 Å². The van der Waals surface area contributed by atoms with Gasteiger partial charge in [-0.25, -0.2) is 8.42 Å². The minimum absolute atomic E-state index is 0.171. The molecule has 0 saturated heterocycles. The maximum atomic E-state index is 12.5. The molecule has 3 N–H and O–H groups in total. The fraction of sp³-hybridized carbons (Fsp3) is 0.136. The second-order valence-electron chi connectivity index (χ2n) is 7.40. The number of carbonyl (C=O) groups is 1. The van der Waals surface area contributed by atoms with E-state index in [0.29, 0.717) is 22.5 Å². The number of azo groups is 1. The van der Waals surface area contributed by atoms with E-state index < -0.39 is 15.9 Å². The summed E-state index contributed by atoms with van der Waals surface area (Å²) in [6, 6.07) is 14.8. The van der Waals surface area contributed by atoms with E-state index >= 15 is 0 Å². The second kappa shape index (κ2) is 8.56. The Kier molecular flexibility index (Phi) is 5.81. The highest BCUT2D eigenvalue weighted by atomic mass is 32.2. The van der Waals surface area contributed by atoms with Crippen LogP contribution >= 0.6 is 11.3 Å². The fourth-order valence-corrected chi connectivity index (χ4v) is 5.15. The monoisotopic (exact) mass is 468 g/mol. The van der Waals surface area contributed by atoms with E-state index in [1.165, 1.54) is 30.3 Å². The van der Waals surface area contributed by atoms with Gasteiger partial charge in [-0.15, -0.1) is 21.6 Å². The summed E-state index contributed by atoms with van der Waals surface area (Å²) in [5.74, 6) is -0.499. The van der Waals surface area contributed by atoms with Gasteiger partial charge in [0.25, 0.3) is 15.9 Å². The molecule has 0 fully saturated rings. The molecule has 164 valence electrons. The lowest BCUT2D eigenvalue weighted by atomic mass is 10.0. The number of aromatic nitrogens is 1. The third-order valence-electron chi connectivity index (χ3n) is 4.83. The number of rotatable bonds is 6. The highest BCUT2D eigenvalue weighted by molar-refractivity contribution is 7.94. The molecule has 2 aromatic heterocycles. The maximum Gasteiger partial charge on any atom is 0.295 e. The summed E-state index contributed by atoms with van der Waals surface area (Å²) < 4.78 is 27.2. The van der Waals surface area contributed by atoms with Crippen LogP contribution in [-0.4, -0.2) is 24.4 Å². The lowest BCUT2D eigenvalue weighted by Crippen LogP contribution is -2.11. The van der Waals surface area contributed by atoms with E-state index in [1.54, 1.807) is 11.4 Å². The molecule has 2 heterocycles. The first-order valence-corrected chi connectivity index (χ1v) is 12.1. The number of aromatic hydroxyl groups is 1. The first-order valence-electron chi connectivity index (χ1n) is 9.71. The number of amides is 1. The Bertz CT molecular complexity index is 1400. The van der Waals surface area contributed by atoms with Gasteiger partial charge in [0.1, 0.15) is 4.21 Å². The van der Waals surface area contributed by atoms with Crippen molar-refractivity contribution < 1.29 is 18.3 Å². The number of sulfonamides is 1. The number of thiophene rings is 1. The molecule has 2 aromatic carbocycles. The van der Waals surface area contributed by atoms with Gasteiger partial charge in [-0.1, -0.05) is 26.0 Å². The van der Waals surface area contributed by atoms with Crippen LogP contribution in [0.5, 0.6) is 5.88 Å². The molecule has 8 nitrogen and oxygen atoms in total. The van der Waals surface area contributed by atoms with Gasteiger partial charge >= 0.3 is 0 Å². The van der Waals surface area contributed by atoms with Crippen molar-refractivity contribution in [3.8, 4) is 5.88 Å².